The van der Waals surface area contributed by atoms with Gasteiger partial charge < -0.3 is 14.8 Å². The highest BCUT2D eigenvalue weighted by atomic mass is 16.5. The Kier molecular flexibility index (Phi) is 6.97. The van der Waals surface area contributed by atoms with E-state index in [-0.39, 0.29) is 11.6 Å². The minimum Gasteiger partial charge on any atom is -0.497 e. The fraction of sp³-hybridized carbons (Fsp3) is 0.214. The first-order valence-electron chi connectivity index (χ1n) is 11.3. The summed E-state index contributed by atoms with van der Waals surface area (Å²) in [5.41, 5.74) is 3.47. The Hall–Kier alpha value is -4.06. The van der Waals surface area contributed by atoms with Crippen LogP contribution in [0.5, 0.6) is 11.5 Å². The van der Waals surface area contributed by atoms with Gasteiger partial charge in [0, 0.05) is 6.07 Å². The number of carbonyl (C=O) groups excluding carboxylic acids is 2. The van der Waals surface area contributed by atoms with Gasteiger partial charge in [-0.25, -0.2) is 4.90 Å². The number of benzene rings is 3. The largest absolute Gasteiger partial charge is 0.497 e. The van der Waals surface area contributed by atoms with Crippen molar-refractivity contribution in [3.63, 3.8) is 0 Å². The number of anilines is 2. The lowest BCUT2D eigenvalue weighted by Gasteiger charge is -2.16. The summed E-state index contributed by atoms with van der Waals surface area (Å²) in [7, 11) is 3.11. The summed E-state index contributed by atoms with van der Waals surface area (Å²) in [6, 6.07) is 22.1. The summed E-state index contributed by atoms with van der Waals surface area (Å²) < 4.78 is 10.8. The molecule has 1 N–H and O–H groups in total. The van der Waals surface area contributed by atoms with Crippen LogP contribution in [0.4, 0.5) is 11.4 Å². The Balaban J connectivity index is 1.74. The molecule has 0 bridgehead atoms. The zero-order chi connectivity index (χ0) is 24.1. The molecule has 0 fully saturated rings. The number of rotatable bonds is 9. The molecule has 0 unspecified atom stereocenters. The Labute approximate surface area is 199 Å². The molecule has 0 aliphatic carbocycles. The summed E-state index contributed by atoms with van der Waals surface area (Å²) in [6.07, 6.45) is 3.17. The van der Waals surface area contributed by atoms with E-state index in [1.165, 1.54) is 10.5 Å². The molecule has 34 heavy (non-hydrogen) atoms. The van der Waals surface area contributed by atoms with E-state index in [2.05, 4.69) is 12.2 Å². The smallest absolute Gasteiger partial charge is 0.282 e. The van der Waals surface area contributed by atoms with Crippen LogP contribution in [0, 0.1) is 0 Å². The second kappa shape index (κ2) is 10.3. The number of imide groups is 1. The van der Waals surface area contributed by atoms with Gasteiger partial charge in [-0.1, -0.05) is 55.8 Å². The van der Waals surface area contributed by atoms with E-state index in [0.29, 0.717) is 34.0 Å². The highest BCUT2D eigenvalue weighted by molar-refractivity contribution is 6.46. The van der Waals surface area contributed by atoms with Crippen molar-refractivity contribution in [3.8, 4) is 11.5 Å². The Bertz CT molecular complexity index is 1220. The number of hydrogen-bond acceptors (Lipinski definition) is 5. The number of aryl methyl sites for hydroxylation is 1. The third kappa shape index (κ3) is 4.53. The maximum atomic E-state index is 13.6. The quantitative estimate of drug-likeness (QED) is 0.434. The molecule has 3 aromatic rings. The van der Waals surface area contributed by atoms with Crippen LogP contribution in [0.25, 0.3) is 5.57 Å². The van der Waals surface area contributed by atoms with Crippen molar-refractivity contribution < 1.29 is 19.1 Å². The van der Waals surface area contributed by atoms with Gasteiger partial charge in [-0.15, -0.1) is 0 Å². The molecule has 0 radical (unpaired) electrons. The molecule has 174 valence electrons. The summed E-state index contributed by atoms with van der Waals surface area (Å²) >= 11 is 0. The van der Waals surface area contributed by atoms with Crippen LogP contribution in [0.1, 0.15) is 30.9 Å². The maximum absolute atomic E-state index is 13.6. The van der Waals surface area contributed by atoms with Crippen molar-refractivity contribution in [2.75, 3.05) is 24.4 Å². The fourth-order valence-corrected chi connectivity index (χ4v) is 3.98. The van der Waals surface area contributed by atoms with Gasteiger partial charge in [0.15, 0.2) is 0 Å². The van der Waals surface area contributed by atoms with Crippen LogP contribution in [0.15, 0.2) is 78.5 Å². The van der Waals surface area contributed by atoms with E-state index in [1.54, 1.807) is 32.4 Å². The first-order valence-corrected chi connectivity index (χ1v) is 11.3. The van der Waals surface area contributed by atoms with Gasteiger partial charge in [0.2, 0.25) is 0 Å². The molecule has 0 saturated heterocycles. The monoisotopic (exact) mass is 456 g/mol. The highest BCUT2D eigenvalue weighted by Crippen LogP contribution is 2.36. The maximum Gasteiger partial charge on any atom is 0.282 e. The number of nitrogens with one attached hydrogen (secondary N) is 1. The van der Waals surface area contributed by atoms with Gasteiger partial charge in [-0.05, 0) is 48.2 Å². The third-order valence-corrected chi connectivity index (χ3v) is 5.83. The Morgan fingerprint density at radius 2 is 1.59 bits per heavy atom. The number of hydrogen-bond donors (Lipinski definition) is 1. The second-order valence-electron chi connectivity index (χ2n) is 8.02. The first kappa shape index (κ1) is 23.1. The van der Waals surface area contributed by atoms with Crippen molar-refractivity contribution in [1.82, 2.24) is 0 Å². The van der Waals surface area contributed by atoms with Crippen LogP contribution in [0.2, 0.25) is 0 Å². The van der Waals surface area contributed by atoms with Gasteiger partial charge in [-0.2, -0.15) is 0 Å². The molecule has 6 nitrogen and oxygen atoms in total. The molecule has 1 aliphatic rings. The molecule has 0 saturated carbocycles. The summed E-state index contributed by atoms with van der Waals surface area (Å²) in [5, 5.41) is 3.17. The number of methoxy groups -OCH3 is 2. The number of carbonyl (C=O) groups is 2. The van der Waals surface area contributed by atoms with Crippen LogP contribution < -0.4 is 19.7 Å². The normalized spacial score (nSPS) is 13.4. The number of amides is 2. The predicted octanol–water partition coefficient (Wildman–Crippen LogP) is 5.44. The van der Waals surface area contributed by atoms with Crippen LogP contribution >= 0.6 is 0 Å². The highest BCUT2D eigenvalue weighted by Gasteiger charge is 2.40. The van der Waals surface area contributed by atoms with Crippen molar-refractivity contribution in [2.45, 2.75) is 26.2 Å². The molecule has 6 heteroatoms. The lowest BCUT2D eigenvalue weighted by atomic mass is 10.0. The van der Waals surface area contributed by atoms with Crippen LogP contribution in [-0.2, 0) is 16.0 Å². The van der Waals surface area contributed by atoms with Gasteiger partial charge in [0.1, 0.15) is 17.2 Å². The molecule has 0 atom stereocenters. The first-order chi connectivity index (χ1) is 16.6. The van der Waals surface area contributed by atoms with E-state index < -0.39 is 5.91 Å². The molecule has 1 aliphatic heterocycles. The Morgan fingerprint density at radius 3 is 2.24 bits per heavy atom. The van der Waals surface area contributed by atoms with E-state index in [0.717, 1.165) is 19.3 Å². The molecule has 4 rings (SSSR count). The minimum atomic E-state index is -0.414. The van der Waals surface area contributed by atoms with Crippen molar-refractivity contribution in [3.05, 3.63) is 89.6 Å². The average molecular weight is 457 g/mol. The molecule has 1 heterocycles. The lowest BCUT2D eigenvalue weighted by Crippen LogP contribution is -2.32. The predicted molar refractivity (Wildman–Crippen MR) is 134 cm³/mol. The molecule has 0 aromatic heterocycles. The fourth-order valence-electron chi connectivity index (χ4n) is 3.98. The van der Waals surface area contributed by atoms with E-state index in [9.17, 15) is 9.59 Å². The zero-order valence-corrected chi connectivity index (χ0v) is 19.6. The summed E-state index contributed by atoms with van der Waals surface area (Å²) in [5.74, 6) is 0.340. The van der Waals surface area contributed by atoms with Crippen molar-refractivity contribution in [2.24, 2.45) is 0 Å². The van der Waals surface area contributed by atoms with Gasteiger partial charge in [-0.3, -0.25) is 9.59 Å². The zero-order valence-electron chi connectivity index (χ0n) is 19.6. The van der Waals surface area contributed by atoms with Gasteiger partial charge in [0.25, 0.3) is 11.8 Å². The van der Waals surface area contributed by atoms with Crippen LogP contribution in [-0.4, -0.2) is 26.0 Å². The molecule has 3 aromatic carbocycles. The van der Waals surface area contributed by atoms with Gasteiger partial charge >= 0.3 is 0 Å². The number of unbranched alkanes of at least 4 members (excludes halogenated alkanes) is 1. The molecular weight excluding hydrogens is 428 g/mol. The topological polar surface area (TPSA) is 67.9 Å². The van der Waals surface area contributed by atoms with Gasteiger partial charge in [0.05, 0.1) is 31.2 Å². The second-order valence-corrected chi connectivity index (χ2v) is 8.02. The number of ether oxygens (including phenoxy) is 2. The molecular formula is C28H28N2O4. The van der Waals surface area contributed by atoms with E-state index in [1.807, 2.05) is 54.6 Å². The van der Waals surface area contributed by atoms with E-state index >= 15 is 0 Å². The number of nitrogens with zero attached hydrogens (tertiary/aromatic N) is 1. The van der Waals surface area contributed by atoms with Crippen LogP contribution in [0.3, 0.4) is 0 Å². The molecule has 2 amide bonds. The molecule has 0 spiro atoms. The summed E-state index contributed by atoms with van der Waals surface area (Å²) in [6.45, 7) is 2.15. The SMILES string of the molecule is CCCCc1ccc(N2C(=O)C(Nc3ccc(OC)cc3OC)=C(c3ccccc3)C2=O)cc1. The lowest BCUT2D eigenvalue weighted by molar-refractivity contribution is -0.120. The average Bonchev–Trinajstić information content (AvgIpc) is 3.12. The third-order valence-electron chi connectivity index (χ3n) is 5.83. The summed E-state index contributed by atoms with van der Waals surface area (Å²) in [4.78, 5) is 28.4. The standard InChI is InChI=1S/C28H28N2O4/c1-4-5-9-19-12-14-21(15-13-19)30-27(31)25(20-10-7-6-8-11-20)26(28(30)32)29-23-17-16-22(33-2)18-24(23)34-3/h6-8,10-18,29H,4-5,9H2,1-3H3. The van der Waals surface area contributed by atoms with Crippen molar-refractivity contribution in [1.29, 1.82) is 0 Å². The minimum absolute atomic E-state index is 0.203. The van der Waals surface area contributed by atoms with E-state index in [4.69, 9.17) is 9.47 Å². The Morgan fingerprint density at radius 1 is 0.853 bits per heavy atom. The van der Waals surface area contributed by atoms with Crippen molar-refractivity contribution >= 4 is 28.8 Å².